The topological polar surface area (TPSA) is 0 Å². The van der Waals surface area contributed by atoms with E-state index in [4.69, 9.17) is 0 Å². The van der Waals surface area contributed by atoms with Crippen LogP contribution in [0.1, 0.15) is 0 Å². The Morgan fingerprint density at radius 3 is 1.04 bits per heavy atom. The third-order valence-electron chi connectivity index (χ3n) is 2.66. The Morgan fingerprint density at radius 1 is 0.370 bits per heavy atom. The third kappa shape index (κ3) is 4.44. The van der Waals surface area contributed by atoms with Gasteiger partial charge in [0, 0.05) is 6.08 Å². The van der Waals surface area contributed by atoms with Crippen LogP contribution in [0.3, 0.4) is 0 Å². The van der Waals surface area contributed by atoms with E-state index in [1.54, 1.807) is 0 Å². The first kappa shape index (κ1) is 25.4. The number of hydrogen-bond acceptors (Lipinski definition) is 0. The number of hydrogen-bond donors (Lipinski definition) is 0. The van der Waals surface area contributed by atoms with Crippen LogP contribution in [0, 0.1) is 0 Å². The highest BCUT2D eigenvalue weighted by atomic mass is 19.4. The van der Waals surface area contributed by atoms with E-state index >= 15 is 0 Å². The van der Waals surface area contributed by atoms with E-state index in [0.717, 1.165) is 0 Å². The summed E-state index contributed by atoms with van der Waals surface area (Å²) in [5.74, 6) is -38.0. The summed E-state index contributed by atoms with van der Waals surface area (Å²) < 4.78 is 199. The van der Waals surface area contributed by atoms with Crippen molar-refractivity contribution in [1.29, 1.82) is 0 Å². The van der Waals surface area contributed by atoms with Crippen molar-refractivity contribution in [2.75, 3.05) is 0 Å². The first-order valence-electron chi connectivity index (χ1n) is 5.85. The molecule has 16 heteroatoms. The van der Waals surface area contributed by atoms with Crippen molar-refractivity contribution in [2.45, 2.75) is 42.0 Å². The van der Waals surface area contributed by atoms with Crippen molar-refractivity contribution in [1.82, 2.24) is 0 Å². The van der Waals surface area contributed by atoms with Crippen molar-refractivity contribution in [2.24, 2.45) is 0 Å². The molecule has 0 amide bonds. The second-order valence-electron chi connectivity index (χ2n) is 4.68. The van der Waals surface area contributed by atoms with Crippen molar-refractivity contribution in [3.8, 4) is 0 Å². The molecule has 0 radical (unpaired) electrons. The van der Waals surface area contributed by atoms with Crippen LogP contribution in [0.15, 0.2) is 24.3 Å². The Balaban J connectivity index is 6.09. The summed E-state index contributed by atoms with van der Waals surface area (Å²) in [7, 11) is 0. The van der Waals surface area contributed by atoms with Gasteiger partial charge in [-0.15, -0.1) is 0 Å². The SMILES string of the molecule is FC(F)(F)C=CC=CC(F)(F)C(F)(F)C(F)(F)C(F)(F)C(F)(F)C(F)(F)F. The molecule has 0 aliphatic rings. The van der Waals surface area contributed by atoms with Crippen molar-refractivity contribution < 1.29 is 70.2 Å². The van der Waals surface area contributed by atoms with Gasteiger partial charge >= 0.3 is 42.0 Å². The molecule has 0 saturated carbocycles. The van der Waals surface area contributed by atoms with Crippen molar-refractivity contribution in [3.63, 3.8) is 0 Å². The molecule has 0 atom stereocenters. The Hall–Kier alpha value is -1.64. The van der Waals surface area contributed by atoms with Crippen LogP contribution < -0.4 is 0 Å². The summed E-state index contributed by atoms with van der Waals surface area (Å²) in [6, 6.07) is 0. The van der Waals surface area contributed by atoms with Crippen LogP contribution in [0.4, 0.5) is 70.2 Å². The molecule has 0 aliphatic heterocycles. The van der Waals surface area contributed by atoms with E-state index in [-0.39, 0.29) is 0 Å². The molecule has 0 aromatic carbocycles. The Kier molecular flexibility index (Phi) is 6.34. The smallest absolute Gasteiger partial charge is 0.195 e. The van der Waals surface area contributed by atoms with Gasteiger partial charge in [-0.3, -0.25) is 0 Å². The average Bonchev–Trinajstić information content (AvgIpc) is 2.40. The van der Waals surface area contributed by atoms with E-state index in [1.165, 1.54) is 0 Å². The van der Waals surface area contributed by atoms with E-state index in [0.29, 0.717) is 0 Å². The molecule has 0 saturated heterocycles. The average molecular weight is 440 g/mol. The van der Waals surface area contributed by atoms with E-state index in [9.17, 15) is 70.2 Å². The molecule has 0 rings (SSSR count). The third-order valence-corrected chi connectivity index (χ3v) is 2.66. The number of rotatable bonds is 6. The lowest BCUT2D eigenvalue weighted by Crippen LogP contribution is -2.69. The van der Waals surface area contributed by atoms with Gasteiger partial charge in [0.1, 0.15) is 0 Å². The fourth-order valence-electron chi connectivity index (χ4n) is 1.23. The Morgan fingerprint density at radius 2 is 0.704 bits per heavy atom. The molecule has 27 heavy (non-hydrogen) atoms. The molecule has 0 aromatic rings. The summed E-state index contributed by atoms with van der Waals surface area (Å²) in [6.07, 6.45) is -16.3. The standard InChI is InChI=1S/C11H4F16/c12-5(13,3-1-2-4-6(14,15)16)7(17,18)8(19,20)9(21,22)10(23,24)11(25,26)27/h1-4H. The van der Waals surface area contributed by atoms with E-state index in [2.05, 4.69) is 0 Å². The van der Waals surface area contributed by atoms with Crippen molar-refractivity contribution >= 4 is 0 Å². The predicted octanol–water partition coefficient (Wildman–Crippen LogP) is 6.40. The summed E-state index contributed by atoms with van der Waals surface area (Å²) in [4.78, 5) is 0. The van der Waals surface area contributed by atoms with Gasteiger partial charge in [-0.2, -0.15) is 70.2 Å². The van der Waals surface area contributed by atoms with Crippen LogP contribution >= 0.6 is 0 Å². The minimum absolute atomic E-state index is 0.482. The molecule has 0 spiro atoms. The van der Waals surface area contributed by atoms with Crippen LogP contribution in [0.25, 0.3) is 0 Å². The van der Waals surface area contributed by atoms with Gasteiger partial charge in [-0.25, -0.2) is 0 Å². The molecule has 160 valence electrons. The summed E-state index contributed by atoms with van der Waals surface area (Å²) in [5.41, 5.74) is 0. The molecule has 0 unspecified atom stereocenters. The number of halogens is 16. The van der Waals surface area contributed by atoms with E-state index in [1.807, 2.05) is 0 Å². The predicted molar refractivity (Wildman–Crippen MR) is 55.1 cm³/mol. The zero-order chi connectivity index (χ0) is 22.3. The Bertz CT molecular complexity index is 572. The zero-order valence-electron chi connectivity index (χ0n) is 11.9. The normalized spacial score (nSPS) is 16.6. The highest BCUT2D eigenvalue weighted by Crippen LogP contribution is 2.60. The molecule has 0 aromatic heterocycles. The first-order valence-corrected chi connectivity index (χ1v) is 5.85. The monoisotopic (exact) mass is 440 g/mol. The van der Waals surface area contributed by atoms with Crippen LogP contribution in [-0.2, 0) is 0 Å². The van der Waals surface area contributed by atoms with Crippen LogP contribution in [0.2, 0.25) is 0 Å². The second kappa shape index (κ2) is 6.76. The van der Waals surface area contributed by atoms with Gasteiger partial charge in [-0.1, -0.05) is 12.2 Å². The zero-order valence-corrected chi connectivity index (χ0v) is 11.9. The molecule has 0 nitrogen and oxygen atoms in total. The van der Waals surface area contributed by atoms with Gasteiger partial charge in [0.05, 0.1) is 0 Å². The van der Waals surface area contributed by atoms with Gasteiger partial charge in [0.25, 0.3) is 0 Å². The van der Waals surface area contributed by atoms with Gasteiger partial charge in [0.2, 0.25) is 0 Å². The fraction of sp³-hybridized carbons (Fsp3) is 0.636. The summed E-state index contributed by atoms with van der Waals surface area (Å²) in [5, 5.41) is 0. The quantitative estimate of drug-likeness (QED) is 0.331. The van der Waals surface area contributed by atoms with Crippen molar-refractivity contribution in [3.05, 3.63) is 24.3 Å². The van der Waals surface area contributed by atoms with Crippen LogP contribution in [-0.4, -0.2) is 42.0 Å². The fourth-order valence-corrected chi connectivity index (χ4v) is 1.23. The van der Waals surface area contributed by atoms with Crippen LogP contribution in [0.5, 0.6) is 0 Å². The second-order valence-corrected chi connectivity index (χ2v) is 4.68. The van der Waals surface area contributed by atoms with Gasteiger partial charge in [-0.05, 0) is 6.08 Å². The minimum Gasteiger partial charge on any atom is -0.195 e. The molecule has 0 bridgehead atoms. The lowest BCUT2D eigenvalue weighted by molar-refractivity contribution is -0.436. The van der Waals surface area contributed by atoms with Gasteiger partial charge < -0.3 is 0 Å². The van der Waals surface area contributed by atoms with E-state index < -0.39 is 66.3 Å². The maximum Gasteiger partial charge on any atom is 0.460 e. The highest BCUT2D eigenvalue weighted by molar-refractivity contribution is 5.18. The first-order chi connectivity index (χ1) is 11.5. The highest BCUT2D eigenvalue weighted by Gasteiger charge is 2.90. The summed E-state index contributed by atoms with van der Waals surface area (Å²) in [6.45, 7) is 0. The van der Waals surface area contributed by atoms with Gasteiger partial charge in [0.15, 0.2) is 0 Å². The maximum absolute atomic E-state index is 13.1. The molecule has 0 N–H and O–H groups in total. The molecular weight excluding hydrogens is 436 g/mol. The maximum atomic E-state index is 13.1. The Labute approximate surface area is 138 Å². The minimum atomic E-state index is -8.05. The lowest BCUT2D eigenvalue weighted by Gasteiger charge is -2.39. The lowest BCUT2D eigenvalue weighted by atomic mass is 9.94. The molecule has 0 aliphatic carbocycles. The number of allylic oxidation sites excluding steroid dienone is 4. The number of alkyl halides is 16. The molecule has 0 fully saturated rings. The largest absolute Gasteiger partial charge is 0.460 e. The summed E-state index contributed by atoms with van der Waals surface area (Å²) >= 11 is 0. The molecular formula is C11H4F16. The molecule has 0 heterocycles.